The molecule has 0 amide bonds. The molecular formula is C29H30N6O2. The van der Waals surface area contributed by atoms with E-state index in [9.17, 15) is 0 Å². The largest absolute Gasteiger partial charge is 0.497 e. The number of hydrogen-bond acceptors (Lipinski definition) is 7. The predicted molar refractivity (Wildman–Crippen MR) is 148 cm³/mol. The lowest BCUT2D eigenvalue weighted by Crippen LogP contribution is -2.17. The molecule has 2 aromatic carbocycles. The van der Waals surface area contributed by atoms with Crippen molar-refractivity contribution in [3.63, 3.8) is 0 Å². The average Bonchev–Trinajstić information content (AvgIpc) is 3.35. The maximum atomic E-state index is 5.52. The molecule has 0 fully saturated rings. The molecule has 2 heterocycles. The van der Waals surface area contributed by atoms with Crippen LogP contribution in [0.3, 0.4) is 0 Å². The van der Waals surface area contributed by atoms with Crippen molar-refractivity contribution in [3.05, 3.63) is 79.4 Å². The zero-order valence-corrected chi connectivity index (χ0v) is 21.8. The number of methoxy groups -OCH3 is 2. The Bertz CT molecular complexity index is 1490. The second kappa shape index (κ2) is 11.3. The lowest BCUT2D eigenvalue weighted by molar-refractivity contribution is 0.394. The highest BCUT2D eigenvalue weighted by Gasteiger charge is 2.14. The van der Waals surface area contributed by atoms with Crippen molar-refractivity contribution in [2.45, 2.75) is 0 Å². The van der Waals surface area contributed by atoms with Gasteiger partial charge in [-0.25, -0.2) is 4.98 Å². The standard InChI is InChI=1S/C29H30N6O2/c1-7-21(19-33(2)3)9-8-12-35(24-13-25(36-5)16-26(14-24)37-6)23-10-11-27-28(15-23)32-29(18-30-27)22-17-31-34(4)20-22/h7,10-11,13-20H,1,12H2,2-6H3/b21-19+. The fourth-order valence-corrected chi connectivity index (χ4v) is 3.78. The fourth-order valence-electron chi connectivity index (χ4n) is 3.78. The molecule has 0 spiro atoms. The van der Waals surface area contributed by atoms with E-state index in [4.69, 9.17) is 14.5 Å². The molecule has 8 nitrogen and oxygen atoms in total. The normalized spacial score (nSPS) is 11.0. The van der Waals surface area contributed by atoms with Crippen molar-refractivity contribution in [1.82, 2.24) is 24.6 Å². The number of aryl methyl sites for hydroxylation is 1. The van der Waals surface area contributed by atoms with E-state index in [1.807, 2.05) is 74.8 Å². The highest BCUT2D eigenvalue weighted by atomic mass is 16.5. The van der Waals surface area contributed by atoms with Crippen LogP contribution in [-0.4, -0.2) is 59.5 Å². The van der Waals surface area contributed by atoms with Crippen molar-refractivity contribution in [1.29, 1.82) is 0 Å². The van der Waals surface area contributed by atoms with Crippen LogP contribution in [0.1, 0.15) is 0 Å². The van der Waals surface area contributed by atoms with E-state index in [2.05, 4.69) is 33.4 Å². The first-order valence-corrected chi connectivity index (χ1v) is 11.7. The summed E-state index contributed by atoms with van der Waals surface area (Å²) in [4.78, 5) is 13.5. The highest BCUT2D eigenvalue weighted by Crippen LogP contribution is 2.34. The Morgan fingerprint density at radius 3 is 2.41 bits per heavy atom. The molecule has 0 radical (unpaired) electrons. The van der Waals surface area contributed by atoms with Crippen LogP contribution in [0.5, 0.6) is 11.5 Å². The Labute approximate surface area is 217 Å². The molecule has 0 atom stereocenters. The molecule has 2 aromatic heterocycles. The number of anilines is 2. The Hall–Kier alpha value is -4.77. The third-order valence-electron chi connectivity index (χ3n) is 5.57. The van der Waals surface area contributed by atoms with E-state index in [0.29, 0.717) is 18.0 Å². The maximum absolute atomic E-state index is 5.52. The minimum Gasteiger partial charge on any atom is -0.497 e. The van der Waals surface area contributed by atoms with E-state index < -0.39 is 0 Å². The van der Waals surface area contributed by atoms with Crippen LogP contribution in [-0.2, 0) is 7.05 Å². The molecule has 0 aliphatic carbocycles. The van der Waals surface area contributed by atoms with E-state index in [1.54, 1.807) is 37.4 Å². The Morgan fingerprint density at radius 2 is 1.78 bits per heavy atom. The lowest BCUT2D eigenvalue weighted by Gasteiger charge is -2.24. The Kier molecular flexibility index (Phi) is 7.74. The smallest absolute Gasteiger partial charge is 0.124 e. The van der Waals surface area contributed by atoms with Crippen LogP contribution in [0.2, 0.25) is 0 Å². The van der Waals surface area contributed by atoms with Gasteiger partial charge in [0.25, 0.3) is 0 Å². The topological polar surface area (TPSA) is 68.5 Å². The lowest BCUT2D eigenvalue weighted by atomic mass is 10.2. The van der Waals surface area contributed by atoms with Gasteiger partial charge in [0, 0.05) is 74.3 Å². The summed E-state index contributed by atoms with van der Waals surface area (Å²) in [7, 11) is 9.06. The van der Waals surface area contributed by atoms with Gasteiger partial charge in [-0.2, -0.15) is 5.10 Å². The van der Waals surface area contributed by atoms with Gasteiger partial charge in [0.15, 0.2) is 0 Å². The van der Waals surface area contributed by atoms with Gasteiger partial charge in [0.1, 0.15) is 11.5 Å². The third-order valence-corrected chi connectivity index (χ3v) is 5.57. The molecule has 188 valence electrons. The van der Waals surface area contributed by atoms with Crippen LogP contribution in [0.4, 0.5) is 11.4 Å². The average molecular weight is 495 g/mol. The number of nitrogens with zero attached hydrogens (tertiary/aromatic N) is 6. The zero-order valence-electron chi connectivity index (χ0n) is 21.8. The van der Waals surface area contributed by atoms with Crippen molar-refractivity contribution in [2.24, 2.45) is 7.05 Å². The van der Waals surface area contributed by atoms with Gasteiger partial charge in [-0.05, 0) is 18.2 Å². The first-order valence-electron chi connectivity index (χ1n) is 11.7. The monoisotopic (exact) mass is 494 g/mol. The first kappa shape index (κ1) is 25.3. The molecule has 0 aliphatic heterocycles. The summed E-state index contributed by atoms with van der Waals surface area (Å²) in [6.45, 7) is 4.29. The summed E-state index contributed by atoms with van der Waals surface area (Å²) < 4.78 is 12.8. The van der Waals surface area contributed by atoms with E-state index >= 15 is 0 Å². The van der Waals surface area contributed by atoms with E-state index in [0.717, 1.165) is 39.2 Å². The number of ether oxygens (including phenoxy) is 2. The summed E-state index contributed by atoms with van der Waals surface area (Å²) in [5.74, 6) is 7.86. The zero-order chi connectivity index (χ0) is 26.4. The molecule has 37 heavy (non-hydrogen) atoms. The molecular weight excluding hydrogens is 464 g/mol. The SMILES string of the molecule is C=C/C(C#CCN(c1cc(OC)cc(OC)c1)c1ccc2ncc(-c3cnn(C)c3)nc2c1)=C\N(C)C. The summed E-state index contributed by atoms with van der Waals surface area (Å²) in [5, 5.41) is 4.25. The van der Waals surface area contributed by atoms with E-state index in [1.165, 1.54) is 0 Å². The third kappa shape index (κ3) is 6.08. The Balaban J connectivity index is 1.80. The number of aromatic nitrogens is 4. The van der Waals surface area contributed by atoms with Gasteiger partial charge >= 0.3 is 0 Å². The van der Waals surface area contributed by atoms with Crippen molar-refractivity contribution in [3.8, 4) is 34.6 Å². The van der Waals surface area contributed by atoms with Gasteiger partial charge in [-0.3, -0.25) is 9.67 Å². The summed E-state index contributed by atoms with van der Waals surface area (Å²) in [6, 6.07) is 11.7. The fraction of sp³-hybridized carbons (Fsp3) is 0.207. The minimum absolute atomic E-state index is 0.413. The molecule has 8 heteroatoms. The number of fused-ring (bicyclic) bond motifs is 1. The number of hydrogen-bond donors (Lipinski definition) is 0. The van der Waals surface area contributed by atoms with Crippen LogP contribution in [0.25, 0.3) is 22.3 Å². The van der Waals surface area contributed by atoms with E-state index in [-0.39, 0.29) is 0 Å². The van der Waals surface area contributed by atoms with Gasteiger partial charge < -0.3 is 19.3 Å². The molecule has 0 saturated heterocycles. The van der Waals surface area contributed by atoms with Crippen molar-refractivity contribution < 1.29 is 9.47 Å². The Morgan fingerprint density at radius 1 is 1.03 bits per heavy atom. The molecule has 4 aromatic rings. The summed E-state index contributed by atoms with van der Waals surface area (Å²) >= 11 is 0. The van der Waals surface area contributed by atoms with Gasteiger partial charge in [0.05, 0.1) is 49.9 Å². The highest BCUT2D eigenvalue weighted by molar-refractivity contribution is 5.83. The van der Waals surface area contributed by atoms with Gasteiger partial charge in [0.2, 0.25) is 0 Å². The van der Waals surface area contributed by atoms with Crippen molar-refractivity contribution >= 4 is 22.4 Å². The van der Waals surface area contributed by atoms with Crippen LogP contribution in [0.15, 0.2) is 79.4 Å². The minimum atomic E-state index is 0.413. The number of benzene rings is 2. The molecule has 0 aliphatic rings. The summed E-state index contributed by atoms with van der Waals surface area (Å²) in [5.41, 5.74) is 5.85. The second-order valence-electron chi connectivity index (χ2n) is 8.54. The second-order valence-corrected chi connectivity index (χ2v) is 8.54. The van der Waals surface area contributed by atoms with Crippen LogP contribution in [0, 0.1) is 11.8 Å². The number of rotatable bonds is 8. The maximum Gasteiger partial charge on any atom is 0.124 e. The molecule has 0 bridgehead atoms. The van der Waals surface area contributed by atoms with Gasteiger partial charge in [-0.15, -0.1) is 0 Å². The van der Waals surface area contributed by atoms with Crippen molar-refractivity contribution in [2.75, 3.05) is 39.8 Å². The molecule has 0 N–H and O–H groups in total. The predicted octanol–water partition coefficient (Wildman–Crippen LogP) is 4.82. The molecule has 0 unspecified atom stereocenters. The molecule has 4 rings (SSSR count). The van der Waals surface area contributed by atoms with Crippen LogP contribution >= 0.6 is 0 Å². The van der Waals surface area contributed by atoms with Gasteiger partial charge in [-0.1, -0.05) is 24.5 Å². The number of allylic oxidation sites excluding steroid dienone is 2. The summed E-state index contributed by atoms with van der Waals surface area (Å²) in [6.07, 6.45) is 9.15. The quantitative estimate of drug-likeness (QED) is 0.257. The molecule has 0 saturated carbocycles. The van der Waals surface area contributed by atoms with Crippen LogP contribution < -0.4 is 14.4 Å². The first-order chi connectivity index (χ1) is 17.9.